The fourth-order valence-electron chi connectivity index (χ4n) is 3.34. The average Bonchev–Trinajstić information content (AvgIpc) is 3.23. The predicted octanol–water partition coefficient (Wildman–Crippen LogP) is 2.81. The summed E-state index contributed by atoms with van der Waals surface area (Å²) in [5.74, 6) is -1.67. The van der Waals surface area contributed by atoms with E-state index in [-0.39, 0.29) is 11.8 Å². The zero-order valence-corrected chi connectivity index (χ0v) is 22.9. The number of hydrogen-bond donors (Lipinski definition) is 1. The fraction of sp³-hybridized carbons (Fsp3) is 0.615. The minimum atomic E-state index is -0.833. The molecule has 0 aromatic rings. The highest BCUT2D eigenvalue weighted by molar-refractivity contribution is 5.82. The average molecular weight is 543 g/mol. The molecule has 12 heteroatoms. The summed E-state index contributed by atoms with van der Waals surface area (Å²) in [5.41, 5.74) is 0. The first kappa shape index (κ1) is 36.5. The van der Waals surface area contributed by atoms with E-state index in [9.17, 15) is 19.2 Å². The van der Waals surface area contributed by atoms with Gasteiger partial charge in [-0.1, -0.05) is 26.0 Å². The minimum absolute atomic E-state index is 0.0665. The molecule has 0 aromatic heterocycles. The highest BCUT2D eigenvalue weighted by Crippen LogP contribution is 2.15. The van der Waals surface area contributed by atoms with Gasteiger partial charge < -0.3 is 29.1 Å². The van der Waals surface area contributed by atoms with Crippen molar-refractivity contribution in [1.82, 2.24) is 9.80 Å². The highest BCUT2D eigenvalue weighted by Gasteiger charge is 2.24. The van der Waals surface area contributed by atoms with Crippen molar-refractivity contribution in [1.29, 1.82) is 0 Å². The van der Waals surface area contributed by atoms with Crippen molar-refractivity contribution in [3.63, 3.8) is 0 Å². The molecule has 2 heterocycles. The molecule has 0 bridgehead atoms. The topological polar surface area (TPSA) is 157 Å². The molecule has 2 rings (SSSR count). The number of rotatable bonds is 7. The molecule has 2 aliphatic rings. The smallest absolute Gasteiger partial charge is 0.332 e. The second-order valence-electron chi connectivity index (χ2n) is 8.13. The molecule has 2 aliphatic heterocycles. The van der Waals surface area contributed by atoms with E-state index in [4.69, 9.17) is 24.2 Å². The second-order valence-corrected chi connectivity index (χ2v) is 8.13. The maximum atomic E-state index is 11.6. The monoisotopic (exact) mass is 542 g/mol. The second kappa shape index (κ2) is 22.5. The van der Waals surface area contributed by atoms with Crippen molar-refractivity contribution in [2.75, 3.05) is 20.2 Å². The van der Waals surface area contributed by atoms with Gasteiger partial charge in [0, 0.05) is 45.0 Å². The summed E-state index contributed by atoms with van der Waals surface area (Å²) in [6, 6.07) is 0. The summed E-state index contributed by atoms with van der Waals surface area (Å²) >= 11 is 0. The van der Waals surface area contributed by atoms with Crippen LogP contribution in [0.2, 0.25) is 0 Å². The zero-order valence-electron chi connectivity index (χ0n) is 22.9. The number of esters is 2. The molecule has 2 unspecified atom stereocenters. The van der Waals surface area contributed by atoms with E-state index in [0.717, 1.165) is 57.6 Å². The third-order valence-corrected chi connectivity index (χ3v) is 5.10. The third-order valence-electron chi connectivity index (χ3n) is 5.10. The molecule has 2 atom stereocenters. The van der Waals surface area contributed by atoms with Gasteiger partial charge in [0.2, 0.25) is 11.8 Å². The van der Waals surface area contributed by atoms with Gasteiger partial charge in [-0.25, -0.2) is 9.59 Å². The molecule has 2 fully saturated rings. The normalized spacial score (nSPS) is 16.4. The summed E-state index contributed by atoms with van der Waals surface area (Å²) in [4.78, 5) is 66.4. The third kappa shape index (κ3) is 18.6. The van der Waals surface area contributed by atoms with Crippen LogP contribution in [0.4, 0.5) is 0 Å². The molecular weight excluding hydrogens is 500 g/mol. The van der Waals surface area contributed by atoms with Gasteiger partial charge in [-0.2, -0.15) is 0 Å². The zero-order chi connectivity index (χ0) is 29.5. The van der Waals surface area contributed by atoms with Crippen molar-refractivity contribution in [2.45, 2.75) is 84.6 Å². The van der Waals surface area contributed by atoms with Crippen LogP contribution in [0.15, 0.2) is 25.3 Å². The lowest BCUT2D eigenvalue weighted by Crippen LogP contribution is -2.40. The Morgan fingerprint density at radius 1 is 0.816 bits per heavy atom. The summed E-state index contributed by atoms with van der Waals surface area (Å²) in [5, 5.41) is 7.42. The number of carboxylic acid groups (broad SMARTS) is 1. The lowest BCUT2D eigenvalue weighted by atomic mass is 10.2. The van der Waals surface area contributed by atoms with Crippen LogP contribution < -0.4 is 0 Å². The Kier molecular flexibility index (Phi) is 21.6. The number of carbonyl (C=O) groups is 6. The number of amides is 2. The molecule has 0 spiro atoms. The molecule has 12 nitrogen and oxygen atoms in total. The molecule has 1 N–H and O–H groups in total. The molecule has 2 saturated heterocycles. The maximum absolute atomic E-state index is 11.6. The molecule has 2 amide bonds. The van der Waals surface area contributed by atoms with Gasteiger partial charge >= 0.3 is 11.9 Å². The van der Waals surface area contributed by atoms with E-state index in [0.29, 0.717) is 32.4 Å². The number of carboxylic acids is 1. The molecule has 38 heavy (non-hydrogen) atoms. The van der Waals surface area contributed by atoms with Crippen LogP contribution in [0.25, 0.3) is 0 Å². The summed E-state index contributed by atoms with van der Waals surface area (Å²) < 4.78 is 13.9. The van der Waals surface area contributed by atoms with E-state index in [1.807, 2.05) is 0 Å². The Hall–Kier alpha value is -3.70. The van der Waals surface area contributed by atoms with Crippen molar-refractivity contribution in [3.05, 3.63) is 25.3 Å². The molecule has 216 valence electrons. The lowest BCUT2D eigenvalue weighted by molar-refractivity contribution is -0.160. The van der Waals surface area contributed by atoms with Crippen LogP contribution in [-0.2, 0) is 43.0 Å². The summed E-state index contributed by atoms with van der Waals surface area (Å²) in [6.45, 7) is 12.9. The maximum Gasteiger partial charge on any atom is 0.332 e. The Morgan fingerprint density at radius 2 is 1.13 bits per heavy atom. The first-order chi connectivity index (χ1) is 17.9. The number of aliphatic carboxylic acids is 1. The van der Waals surface area contributed by atoms with Gasteiger partial charge in [0.05, 0.1) is 7.11 Å². The first-order valence-corrected chi connectivity index (χ1v) is 12.4. The van der Waals surface area contributed by atoms with Crippen molar-refractivity contribution in [3.8, 4) is 0 Å². The molecule has 0 aliphatic carbocycles. The van der Waals surface area contributed by atoms with Crippen LogP contribution in [0, 0.1) is 0 Å². The molecule has 0 saturated carbocycles. The lowest BCUT2D eigenvalue weighted by Gasteiger charge is -2.26. The van der Waals surface area contributed by atoms with Crippen molar-refractivity contribution in [2.24, 2.45) is 0 Å². The largest absolute Gasteiger partial charge is 0.481 e. The number of nitrogens with zero attached hydrogens (tertiary/aromatic N) is 2. The minimum Gasteiger partial charge on any atom is -0.481 e. The van der Waals surface area contributed by atoms with Crippen LogP contribution in [0.1, 0.15) is 72.1 Å². The van der Waals surface area contributed by atoms with E-state index in [2.05, 4.69) is 17.9 Å². The fourth-order valence-corrected chi connectivity index (χ4v) is 3.34. The summed E-state index contributed by atoms with van der Waals surface area (Å²) in [6.07, 6.45) is 8.28. The molecule has 0 aromatic carbocycles. The Morgan fingerprint density at radius 3 is 1.39 bits per heavy atom. The van der Waals surface area contributed by atoms with Gasteiger partial charge in [-0.15, -0.1) is 0 Å². The highest BCUT2D eigenvalue weighted by atomic mass is 16.6. The Bertz CT molecular complexity index is 726. The van der Waals surface area contributed by atoms with Gasteiger partial charge in [0.25, 0.3) is 12.4 Å². The SMILES string of the molecule is C=CC(=O)OC(C)N1CCCCCC1=O.C=CC(=O)OC(C)N1CCCCCC1=O.CC(=O)O.COC=O. The Balaban J connectivity index is 0. The van der Waals surface area contributed by atoms with Gasteiger partial charge in [-0.05, 0) is 39.5 Å². The van der Waals surface area contributed by atoms with Crippen LogP contribution >= 0.6 is 0 Å². The quantitative estimate of drug-likeness (QED) is 0.219. The first-order valence-electron chi connectivity index (χ1n) is 12.4. The van der Waals surface area contributed by atoms with Gasteiger partial charge in [-0.3, -0.25) is 19.2 Å². The van der Waals surface area contributed by atoms with Crippen LogP contribution in [0.5, 0.6) is 0 Å². The number of methoxy groups -OCH3 is 1. The molecule has 0 radical (unpaired) electrons. The van der Waals surface area contributed by atoms with Crippen LogP contribution in [0.3, 0.4) is 0 Å². The summed E-state index contributed by atoms with van der Waals surface area (Å²) in [7, 11) is 1.31. The van der Waals surface area contributed by atoms with Gasteiger partial charge in [0.1, 0.15) is 0 Å². The van der Waals surface area contributed by atoms with E-state index >= 15 is 0 Å². The Labute approximate surface area is 224 Å². The van der Waals surface area contributed by atoms with E-state index < -0.39 is 30.4 Å². The van der Waals surface area contributed by atoms with Crippen molar-refractivity contribution >= 4 is 36.2 Å². The number of carbonyl (C=O) groups excluding carboxylic acids is 5. The van der Waals surface area contributed by atoms with E-state index in [1.165, 1.54) is 7.11 Å². The number of ether oxygens (including phenoxy) is 3. The standard InChI is InChI=1S/2C11H17NO3.2C2H4O2/c2*1-3-11(14)15-9(2)12-8-6-4-5-7-10(12)13;1-4-2-3;1-2(3)4/h2*3,9H,1,4-8H2,2H3;2H,1H3;1H3,(H,3,4). The number of likely N-dealkylation sites (tertiary alicyclic amines) is 2. The number of hydrogen-bond acceptors (Lipinski definition) is 9. The van der Waals surface area contributed by atoms with Crippen LogP contribution in [-0.4, -0.2) is 83.8 Å². The molecular formula is C26H42N2O10. The van der Waals surface area contributed by atoms with Crippen molar-refractivity contribution < 1.29 is 48.1 Å². The van der Waals surface area contributed by atoms with Gasteiger partial charge in [0.15, 0.2) is 12.5 Å². The van der Waals surface area contributed by atoms with E-state index in [1.54, 1.807) is 23.6 Å². The predicted molar refractivity (Wildman–Crippen MR) is 138 cm³/mol.